The lowest BCUT2D eigenvalue weighted by Crippen LogP contribution is -2.45. The number of halogens is 1. The number of carbonyl (C=O) groups excluding carboxylic acids is 1. The minimum Gasteiger partial charge on any atom is -0.377 e. The Morgan fingerprint density at radius 2 is 2.12 bits per heavy atom. The number of benzene rings is 1. The third kappa shape index (κ3) is 3.33. The van der Waals surface area contributed by atoms with E-state index in [1.807, 2.05) is 30.3 Å². The van der Waals surface area contributed by atoms with Crippen molar-refractivity contribution in [1.82, 2.24) is 29.4 Å². The summed E-state index contributed by atoms with van der Waals surface area (Å²) < 4.78 is 8.88. The quantitative estimate of drug-likeness (QED) is 0.696. The molecule has 0 bridgehead atoms. The van der Waals surface area contributed by atoms with Crippen LogP contribution in [0.1, 0.15) is 11.9 Å². The zero-order valence-corrected chi connectivity index (χ0v) is 14.7. The fourth-order valence-electron chi connectivity index (χ4n) is 3.02. The summed E-state index contributed by atoms with van der Waals surface area (Å²) in [5, 5.41) is 8.90. The van der Waals surface area contributed by atoms with Crippen LogP contribution in [0.5, 0.6) is 0 Å². The summed E-state index contributed by atoms with van der Waals surface area (Å²) in [5.41, 5.74) is 0.886. The summed E-state index contributed by atoms with van der Waals surface area (Å²) in [4.78, 5) is 19.0. The van der Waals surface area contributed by atoms with Gasteiger partial charge in [0.1, 0.15) is 18.9 Å². The van der Waals surface area contributed by atoms with Gasteiger partial charge in [-0.15, -0.1) is 0 Å². The lowest BCUT2D eigenvalue weighted by molar-refractivity contribution is -0.141. The summed E-state index contributed by atoms with van der Waals surface area (Å²) in [6, 6.07) is 9.38. The minimum atomic E-state index is -0.315. The molecule has 2 aromatic heterocycles. The van der Waals surface area contributed by atoms with Gasteiger partial charge in [-0.2, -0.15) is 10.2 Å². The third-order valence-electron chi connectivity index (χ3n) is 4.22. The van der Waals surface area contributed by atoms with Crippen molar-refractivity contribution in [2.24, 2.45) is 0 Å². The molecule has 1 amide bonds. The van der Waals surface area contributed by atoms with Crippen molar-refractivity contribution in [3.8, 4) is 5.69 Å². The van der Waals surface area contributed by atoms with Crippen LogP contribution in [0, 0.1) is 0 Å². The van der Waals surface area contributed by atoms with E-state index in [1.165, 1.54) is 17.2 Å². The van der Waals surface area contributed by atoms with Crippen molar-refractivity contribution in [2.75, 3.05) is 19.8 Å². The molecule has 9 heteroatoms. The van der Waals surface area contributed by atoms with Crippen LogP contribution in [0.15, 0.2) is 49.1 Å². The molecule has 1 fully saturated rings. The van der Waals surface area contributed by atoms with Gasteiger partial charge in [0.05, 0.1) is 30.1 Å². The van der Waals surface area contributed by atoms with E-state index in [9.17, 15) is 4.79 Å². The number of aromatic nitrogens is 5. The third-order valence-corrected chi connectivity index (χ3v) is 4.42. The van der Waals surface area contributed by atoms with Crippen LogP contribution < -0.4 is 0 Å². The van der Waals surface area contributed by atoms with E-state index in [2.05, 4.69) is 15.2 Å². The molecule has 1 aromatic carbocycles. The molecule has 0 saturated carbocycles. The van der Waals surface area contributed by atoms with Crippen LogP contribution >= 0.6 is 11.6 Å². The van der Waals surface area contributed by atoms with Crippen molar-refractivity contribution in [3.05, 3.63) is 59.9 Å². The molecule has 0 radical (unpaired) electrons. The SMILES string of the molecule is O=C(Cn1cc(Cl)cn1)N1CCOC[C@@H]1c1ncnn1-c1ccccc1. The Morgan fingerprint density at radius 3 is 2.88 bits per heavy atom. The van der Waals surface area contributed by atoms with Crippen molar-refractivity contribution in [2.45, 2.75) is 12.6 Å². The lowest BCUT2D eigenvalue weighted by Gasteiger charge is -2.35. The normalized spacial score (nSPS) is 17.4. The number of morpholine rings is 1. The summed E-state index contributed by atoms with van der Waals surface area (Å²) >= 11 is 5.88. The highest BCUT2D eigenvalue weighted by molar-refractivity contribution is 6.30. The molecule has 1 atom stereocenters. The van der Waals surface area contributed by atoms with Gasteiger partial charge in [0, 0.05) is 12.7 Å². The highest BCUT2D eigenvalue weighted by Gasteiger charge is 2.32. The zero-order chi connectivity index (χ0) is 17.9. The number of rotatable bonds is 4. The van der Waals surface area contributed by atoms with Crippen molar-refractivity contribution < 1.29 is 9.53 Å². The van der Waals surface area contributed by atoms with Gasteiger partial charge < -0.3 is 9.64 Å². The first-order valence-electron chi connectivity index (χ1n) is 8.23. The van der Waals surface area contributed by atoms with E-state index in [0.29, 0.717) is 30.6 Å². The molecule has 1 saturated heterocycles. The summed E-state index contributed by atoms with van der Waals surface area (Å²) in [5.74, 6) is 0.600. The molecule has 1 aliphatic heterocycles. The molecule has 3 aromatic rings. The minimum absolute atomic E-state index is 0.0688. The summed E-state index contributed by atoms with van der Waals surface area (Å²) in [6.07, 6.45) is 4.63. The topological polar surface area (TPSA) is 78.1 Å². The predicted molar refractivity (Wildman–Crippen MR) is 93.9 cm³/mol. The first-order chi connectivity index (χ1) is 12.7. The number of hydrogen-bond acceptors (Lipinski definition) is 5. The fraction of sp³-hybridized carbons (Fsp3) is 0.294. The van der Waals surface area contributed by atoms with Gasteiger partial charge in [0.15, 0.2) is 5.82 Å². The Balaban J connectivity index is 1.60. The average Bonchev–Trinajstić information content (AvgIpc) is 3.31. The summed E-state index contributed by atoms with van der Waals surface area (Å²) in [6.45, 7) is 1.46. The molecule has 0 unspecified atom stereocenters. The Kier molecular flexibility index (Phi) is 4.68. The molecular weight excluding hydrogens is 356 g/mol. The van der Waals surface area contributed by atoms with Gasteiger partial charge >= 0.3 is 0 Å². The Hall–Kier alpha value is -2.71. The Labute approximate surface area is 155 Å². The maximum Gasteiger partial charge on any atom is 0.245 e. The first-order valence-corrected chi connectivity index (χ1v) is 8.60. The number of ether oxygens (including phenoxy) is 1. The van der Waals surface area contributed by atoms with Crippen molar-refractivity contribution in [1.29, 1.82) is 0 Å². The average molecular weight is 373 g/mol. The van der Waals surface area contributed by atoms with E-state index in [0.717, 1.165) is 5.69 Å². The van der Waals surface area contributed by atoms with Gasteiger partial charge in [-0.25, -0.2) is 9.67 Å². The second-order valence-corrected chi connectivity index (χ2v) is 6.34. The molecule has 1 aliphatic rings. The highest BCUT2D eigenvalue weighted by Crippen LogP contribution is 2.25. The molecule has 134 valence electrons. The van der Waals surface area contributed by atoms with Crippen LogP contribution in [-0.4, -0.2) is 55.1 Å². The lowest BCUT2D eigenvalue weighted by atomic mass is 10.2. The van der Waals surface area contributed by atoms with E-state index < -0.39 is 0 Å². The highest BCUT2D eigenvalue weighted by atomic mass is 35.5. The number of carbonyl (C=O) groups is 1. The van der Waals surface area contributed by atoms with E-state index in [-0.39, 0.29) is 18.5 Å². The molecule has 26 heavy (non-hydrogen) atoms. The fourth-order valence-corrected chi connectivity index (χ4v) is 3.17. The largest absolute Gasteiger partial charge is 0.377 e. The van der Waals surface area contributed by atoms with Crippen LogP contribution in [0.4, 0.5) is 0 Å². The molecule has 8 nitrogen and oxygen atoms in total. The van der Waals surface area contributed by atoms with Crippen molar-refractivity contribution >= 4 is 17.5 Å². The number of nitrogens with zero attached hydrogens (tertiary/aromatic N) is 6. The van der Waals surface area contributed by atoms with Crippen molar-refractivity contribution in [3.63, 3.8) is 0 Å². The monoisotopic (exact) mass is 372 g/mol. The number of para-hydroxylation sites is 1. The van der Waals surface area contributed by atoms with Crippen LogP contribution in [0.2, 0.25) is 5.02 Å². The van der Waals surface area contributed by atoms with Gasteiger partial charge in [-0.1, -0.05) is 29.8 Å². The van der Waals surface area contributed by atoms with Crippen LogP contribution in [0.3, 0.4) is 0 Å². The molecule has 0 N–H and O–H groups in total. The van der Waals surface area contributed by atoms with Crippen LogP contribution in [-0.2, 0) is 16.1 Å². The van der Waals surface area contributed by atoms with Gasteiger partial charge in [0.2, 0.25) is 5.91 Å². The summed E-state index contributed by atoms with van der Waals surface area (Å²) in [7, 11) is 0. The second-order valence-electron chi connectivity index (χ2n) is 5.90. The zero-order valence-electron chi connectivity index (χ0n) is 13.9. The van der Waals surface area contributed by atoms with Crippen LogP contribution in [0.25, 0.3) is 5.69 Å². The van der Waals surface area contributed by atoms with Gasteiger partial charge in [-0.05, 0) is 12.1 Å². The smallest absolute Gasteiger partial charge is 0.245 e. The molecule has 4 rings (SSSR count). The Morgan fingerprint density at radius 1 is 1.27 bits per heavy atom. The van der Waals surface area contributed by atoms with Gasteiger partial charge in [-0.3, -0.25) is 9.48 Å². The molecular formula is C17H17ClN6O2. The number of amides is 1. The van der Waals surface area contributed by atoms with Gasteiger partial charge in [0.25, 0.3) is 0 Å². The Bertz CT molecular complexity index is 894. The predicted octanol–water partition coefficient (Wildman–Crippen LogP) is 1.72. The maximum atomic E-state index is 12.8. The van der Waals surface area contributed by atoms with E-state index in [4.69, 9.17) is 16.3 Å². The standard InChI is InChI=1S/C17H17ClN6O2/c18-13-8-20-22(9-13)10-16(25)23-6-7-26-11-15(23)17-19-12-21-24(17)14-4-2-1-3-5-14/h1-5,8-9,12,15H,6-7,10-11H2/t15-/m1/s1. The van der Waals surface area contributed by atoms with E-state index in [1.54, 1.807) is 15.8 Å². The second kappa shape index (κ2) is 7.27. The first kappa shape index (κ1) is 16.7. The maximum absolute atomic E-state index is 12.8. The number of hydrogen-bond donors (Lipinski definition) is 0. The van der Waals surface area contributed by atoms with E-state index >= 15 is 0 Å². The molecule has 0 spiro atoms. The molecule has 0 aliphatic carbocycles. The molecule has 3 heterocycles.